The molecule has 0 aliphatic heterocycles. The molecule has 0 amide bonds. The van der Waals surface area contributed by atoms with Crippen LogP contribution in [0.2, 0.25) is 0 Å². The molecule has 0 atom stereocenters. The summed E-state index contributed by atoms with van der Waals surface area (Å²) in [4.78, 5) is 12.7. The molecule has 0 aliphatic carbocycles. The van der Waals surface area contributed by atoms with Gasteiger partial charge in [-0.2, -0.15) is 0 Å². The van der Waals surface area contributed by atoms with E-state index in [1.807, 2.05) is 30.9 Å². The summed E-state index contributed by atoms with van der Waals surface area (Å²) in [7, 11) is 0. The molecular formula is C9H9OS2. The van der Waals surface area contributed by atoms with E-state index in [-0.39, 0.29) is 0 Å². The van der Waals surface area contributed by atoms with Gasteiger partial charge in [-0.1, -0.05) is 6.07 Å². The predicted molar refractivity (Wildman–Crippen MR) is 54.8 cm³/mol. The minimum atomic E-state index is 0.661. The summed E-state index contributed by atoms with van der Waals surface area (Å²) >= 11 is 3.24. The van der Waals surface area contributed by atoms with Crippen LogP contribution in [0.5, 0.6) is 0 Å². The van der Waals surface area contributed by atoms with Crippen molar-refractivity contribution < 1.29 is 4.79 Å². The van der Waals surface area contributed by atoms with Crippen molar-refractivity contribution in [3.8, 4) is 0 Å². The van der Waals surface area contributed by atoms with Gasteiger partial charge in [0, 0.05) is 15.4 Å². The molecular weight excluding hydrogens is 188 g/mol. The van der Waals surface area contributed by atoms with Crippen molar-refractivity contribution in [2.75, 3.05) is 12.5 Å². The molecule has 0 fully saturated rings. The average molecular weight is 197 g/mol. The zero-order valence-corrected chi connectivity index (χ0v) is 8.59. The molecule has 63 valence electrons. The Morgan fingerprint density at radius 1 is 1.25 bits per heavy atom. The van der Waals surface area contributed by atoms with Crippen LogP contribution in [0, 0.1) is 0 Å². The van der Waals surface area contributed by atoms with Gasteiger partial charge in [-0.05, 0) is 24.6 Å². The smallest absolute Gasteiger partial charge is 0.234 e. The first-order chi connectivity index (χ1) is 5.83. The summed E-state index contributed by atoms with van der Waals surface area (Å²) in [6.45, 7) is 0. The van der Waals surface area contributed by atoms with E-state index >= 15 is 0 Å². The molecule has 0 heterocycles. The van der Waals surface area contributed by atoms with Gasteiger partial charge >= 0.3 is 0 Å². The van der Waals surface area contributed by atoms with E-state index in [0.717, 1.165) is 9.79 Å². The van der Waals surface area contributed by atoms with Gasteiger partial charge < -0.3 is 0 Å². The summed E-state index contributed by atoms with van der Waals surface area (Å²) in [6.07, 6.45) is 5.91. The van der Waals surface area contributed by atoms with Crippen molar-refractivity contribution >= 4 is 29.8 Å². The standard InChI is InChI=1S/C9H9OS2/c1-11-8-5-3-4-7(6-10)9(8)12-2/h3-5H,1-2H3. The lowest BCUT2D eigenvalue weighted by Crippen LogP contribution is -1.86. The Balaban J connectivity index is 3.21. The van der Waals surface area contributed by atoms with Crippen LogP contribution in [0.4, 0.5) is 0 Å². The molecule has 0 saturated carbocycles. The Bertz CT molecular complexity index is 284. The number of thioether (sulfide) groups is 2. The number of hydrogen-bond acceptors (Lipinski definition) is 3. The first-order valence-corrected chi connectivity index (χ1v) is 5.87. The Morgan fingerprint density at radius 2 is 2.00 bits per heavy atom. The van der Waals surface area contributed by atoms with Gasteiger partial charge in [0.05, 0.1) is 0 Å². The lowest BCUT2D eigenvalue weighted by atomic mass is 10.2. The fourth-order valence-corrected chi connectivity index (χ4v) is 2.58. The van der Waals surface area contributed by atoms with E-state index < -0.39 is 0 Å². The van der Waals surface area contributed by atoms with Gasteiger partial charge in [0.15, 0.2) is 0 Å². The summed E-state index contributed by atoms with van der Waals surface area (Å²) < 4.78 is 0. The van der Waals surface area contributed by atoms with Gasteiger partial charge in [-0.25, -0.2) is 0 Å². The van der Waals surface area contributed by atoms with Crippen molar-refractivity contribution in [1.29, 1.82) is 0 Å². The van der Waals surface area contributed by atoms with Crippen LogP contribution in [0.3, 0.4) is 0 Å². The Morgan fingerprint density at radius 3 is 2.50 bits per heavy atom. The third-order valence-corrected chi connectivity index (χ3v) is 3.27. The first-order valence-electron chi connectivity index (χ1n) is 3.42. The number of rotatable bonds is 3. The van der Waals surface area contributed by atoms with Gasteiger partial charge in [0.25, 0.3) is 0 Å². The Kier molecular flexibility index (Phi) is 3.69. The van der Waals surface area contributed by atoms with Gasteiger partial charge in [0.1, 0.15) is 0 Å². The highest BCUT2D eigenvalue weighted by Gasteiger charge is 2.05. The Labute approximate surface area is 80.9 Å². The van der Waals surface area contributed by atoms with Crippen LogP contribution < -0.4 is 0 Å². The fourth-order valence-electron chi connectivity index (χ4n) is 0.967. The second-order valence-corrected chi connectivity index (χ2v) is 3.81. The second-order valence-electron chi connectivity index (χ2n) is 2.14. The van der Waals surface area contributed by atoms with E-state index in [1.54, 1.807) is 29.6 Å². The number of benzene rings is 1. The van der Waals surface area contributed by atoms with Gasteiger partial charge in [-0.3, -0.25) is 4.79 Å². The van der Waals surface area contributed by atoms with Crippen molar-refractivity contribution in [1.82, 2.24) is 0 Å². The SMILES string of the molecule is CSc1cccc([C]=O)c1SC. The predicted octanol–water partition coefficient (Wildman–Crippen LogP) is 2.59. The topological polar surface area (TPSA) is 17.1 Å². The zero-order chi connectivity index (χ0) is 8.97. The second kappa shape index (κ2) is 4.58. The highest BCUT2D eigenvalue weighted by Crippen LogP contribution is 2.30. The summed E-state index contributed by atoms with van der Waals surface area (Å²) in [5.41, 5.74) is 0.661. The molecule has 0 bridgehead atoms. The molecule has 1 radical (unpaired) electrons. The van der Waals surface area contributed by atoms with Crippen LogP contribution in [0.1, 0.15) is 5.56 Å². The maximum atomic E-state index is 10.5. The monoisotopic (exact) mass is 197 g/mol. The fraction of sp³-hybridized carbons (Fsp3) is 0.222. The Hall–Kier alpha value is -0.410. The molecule has 1 aromatic carbocycles. The molecule has 0 N–H and O–H groups in total. The van der Waals surface area contributed by atoms with Crippen LogP contribution >= 0.6 is 23.5 Å². The molecule has 1 rings (SSSR count). The average Bonchev–Trinajstić information content (AvgIpc) is 2.16. The largest absolute Gasteiger partial charge is 0.285 e. The molecule has 0 aliphatic rings. The van der Waals surface area contributed by atoms with Crippen LogP contribution in [0.25, 0.3) is 0 Å². The summed E-state index contributed by atoms with van der Waals surface area (Å²) in [6, 6.07) is 5.68. The highest BCUT2D eigenvalue weighted by atomic mass is 32.2. The quantitative estimate of drug-likeness (QED) is 0.693. The third-order valence-electron chi connectivity index (χ3n) is 1.51. The summed E-state index contributed by atoms with van der Waals surface area (Å²) in [5.74, 6) is 0. The molecule has 0 saturated heterocycles. The lowest BCUT2D eigenvalue weighted by molar-refractivity contribution is 0.562. The maximum absolute atomic E-state index is 10.5. The zero-order valence-electron chi connectivity index (χ0n) is 6.96. The minimum Gasteiger partial charge on any atom is -0.285 e. The molecule has 0 spiro atoms. The minimum absolute atomic E-state index is 0.661. The van der Waals surface area contributed by atoms with Crippen molar-refractivity contribution in [2.24, 2.45) is 0 Å². The van der Waals surface area contributed by atoms with Crippen LogP contribution in [0.15, 0.2) is 28.0 Å². The van der Waals surface area contributed by atoms with Crippen LogP contribution in [-0.2, 0) is 4.79 Å². The molecule has 0 unspecified atom stereocenters. The molecule has 0 aromatic heterocycles. The lowest BCUT2D eigenvalue weighted by Gasteiger charge is -2.05. The van der Waals surface area contributed by atoms with E-state index in [2.05, 4.69) is 0 Å². The van der Waals surface area contributed by atoms with E-state index in [9.17, 15) is 4.79 Å². The van der Waals surface area contributed by atoms with Gasteiger partial charge in [0.2, 0.25) is 6.29 Å². The van der Waals surface area contributed by atoms with Crippen molar-refractivity contribution in [3.63, 3.8) is 0 Å². The van der Waals surface area contributed by atoms with E-state index in [4.69, 9.17) is 0 Å². The van der Waals surface area contributed by atoms with E-state index in [0.29, 0.717) is 5.56 Å². The third kappa shape index (κ3) is 1.84. The molecule has 12 heavy (non-hydrogen) atoms. The van der Waals surface area contributed by atoms with Crippen molar-refractivity contribution in [3.05, 3.63) is 23.8 Å². The maximum Gasteiger partial charge on any atom is 0.234 e. The van der Waals surface area contributed by atoms with E-state index in [1.165, 1.54) is 0 Å². The number of carbonyl (C=O) groups excluding carboxylic acids is 1. The molecule has 3 heteroatoms. The van der Waals surface area contributed by atoms with Gasteiger partial charge in [-0.15, -0.1) is 23.5 Å². The normalized spacial score (nSPS) is 9.83. The molecule has 1 nitrogen and oxygen atoms in total. The van der Waals surface area contributed by atoms with Crippen LogP contribution in [-0.4, -0.2) is 18.8 Å². The number of hydrogen-bond donors (Lipinski definition) is 0. The first kappa shape index (κ1) is 9.68. The van der Waals surface area contributed by atoms with Crippen molar-refractivity contribution in [2.45, 2.75) is 9.79 Å². The summed E-state index contributed by atoms with van der Waals surface area (Å²) in [5, 5.41) is 0. The highest BCUT2D eigenvalue weighted by molar-refractivity contribution is 8.01. The molecule has 1 aromatic rings.